The second-order valence-corrected chi connectivity index (χ2v) is 27.1. The lowest BCUT2D eigenvalue weighted by Crippen LogP contribution is -2.24. The topological polar surface area (TPSA) is 141 Å². The fourth-order valence-electron chi connectivity index (χ4n) is 13.2. The van der Waals surface area contributed by atoms with Crippen molar-refractivity contribution in [1.82, 2.24) is 29.9 Å². The first-order valence-corrected chi connectivity index (χ1v) is 32.0. The number of allylic oxidation sites excluding steroid dienone is 6. The summed E-state index contributed by atoms with van der Waals surface area (Å²) in [6.45, 7) is 40.7. The van der Waals surface area contributed by atoms with E-state index in [0.717, 1.165) is 81.8 Å². The average molecular weight is 1140 g/mol. The van der Waals surface area contributed by atoms with Gasteiger partial charge in [0.25, 0.3) is 0 Å². The number of fused-ring (bicyclic) bond motifs is 7. The smallest absolute Gasteiger partial charge is 0.230 e. The van der Waals surface area contributed by atoms with Crippen molar-refractivity contribution in [1.29, 1.82) is 0 Å². The number of hydrogen-bond acceptors (Lipinski definition) is 11. The third-order valence-corrected chi connectivity index (χ3v) is 23.5. The number of hydrogen-bond donors (Lipinski definition) is 2. The van der Waals surface area contributed by atoms with Gasteiger partial charge in [0.2, 0.25) is 6.79 Å². The first-order chi connectivity index (χ1) is 38.7. The van der Waals surface area contributed by atoms with Crippen molar-refractivity contribution in [3.05, 3.63) is 173 Å². The van der Waals surface area contributed by atoms with Gasteiger partial charge >= 0.3 is 0 Å². The normalized spacial score (nSPS) is 33.0. The molecule has 7 aromatic heterocycles. The number of furan rings is 1. The van der Waals surface area contributed by atoms with Gasteiger partial charge in [0.15, 0.2) is 12.8 Å². The van der Waals surface area contributed by atoms with Crippen molar-refractivity contribution >= 4 is 22.7 Å². The number of nitrogens with zero attached hydrogens (tertiary/aromatic N) is 4. The quantitative estimate of drug-likeness (QED) is 0.152. The summed E-state index contributed by atoms with van der Waals surface area (Å²) in [4.78, 5) is 26.0. The van der Waals surface area contributed by atoms with E-state index in [2.05, 4.69) is 190 Å². The molecule has 11 nitrogen and oxygen atoms in total. The molecule has 0 radical (unpaired) electrons. The minimum atomic E-state index is 0.444. The molecule has 11 aliphatic rings. The molecule has 18 unspecified atom stereocenters. The lowest BCUT2D eigenvalue weighted by Gasteiger charge is -2.33. The molecule has 0 spiro atoms. The first kappa shape index (κ1) is 58.5. The number of aromatic nitrogens is 6. The summed E-state index contributed by atoms with van der Waals surface area (Å²) in [7, 11) is 0. The number of thiazole rings is 1. The van der Waals surface area contributed by atoms with Gasteiger partial charge in [0.1, 0.15) is 28.8 Å². The summed E-state index contributed by atoms with van der Waals surface area (Å²) in [6.07, 6.45) is 14.5. The second kappa shape index (κ2) is 23.9. The van der Waals surface area contributed by atoms with Gasteiger partial charge in [-0.25, -0.2) is 19.9 Å². The van der Waals surface area contributed by atoms with Crippen LogP contribution in [0.1, 0.15) is 292 Å². The number of imidazole rings is 1. The Morgan fingerprint density at radius 2 is 1.00 bits per heavy atom. The van der Waals surface area contributed by atoms with Crippen molar-refractivity contribution in [2.75, 3.05) is 6.79 Å². The van der Waals surface area contributed by atoms with E-state index in [1.807, 2.05) is 23.0 Å². The van der Waals surface area contributed by atoms with Gasteiger partial charge in [-0.3, -0.25) is 0 Å². The van der Waals surface area contributed by atoms with Crippen molar-refractivity contribution in [2.45, 2.75) is 214 Å². The number of ether oxygens (including phenoxy) is 2. The second-order valence-electron chi connectivity index (χ2n) is 25.3. The summed E-state index contributed by atoms with van der Waals surface area (Å²) in [5, 5.41) is 2.20. The van der Waals surface area contributed by atoms with Gasteiger partial charge in [-0.05, 0) is 87.8 Å². The Bertz CT molecular complexity index is 2680. The van der Waals surface area contributed by atoms with E-state index in [4.69, 9.17) is 22.7 Å². The van der Waals surface area contributed by atoms with Crippen LogP contribution in [0.25, 0.3) is 0 Å². The minimum absolute atomic E-state index is 0.444. The molecule has 0 amide bonds. The van der Waals surface area contributed by atoms with E-state index in [9.17, 15) is 0 Å². The summed E-state index contributed by atoms with van der Waals surface area (Å²) in [5.41, 5.74) is 17.5. The molecule has 0 saturated carbocycles. The van der Waals surface area contributed by atoms with Gasteiger partial charge in [0, 0.05) is 98.4 Å². The molecule has 0 saturated heterocycles. The molecule has 81 heavy (non-hydrogen) atoms. The lowest BCUT2D eigenvalue weighted by atomic mass is 9.71. The monoisotopic (exact) mass is 1130 g/mol. The Balaban J connectivity index is 0.000000102. The molecule has 434 valence electrons. The van der Waals surface area contributed by atoms with Crippen LogP contribution in [0, 0.1) is 23.7 Å². The predicted octanol–water partition coefficient (Wildman–Crippen LogP) is 19.5. The Labute approximate surface area is 490 Å². The van der Waals surface area contributed by atoms with Crippen LogP contribution >= 0.6 is 22.7 Å². The predicted molar refractivity (Wildman–Crippen MR) is 327 cm³/mol. The maximum atomic E-state index is 5.23. The van der Waals surface area contributed by atoms with E-state index >= 15 is 0 Å². The number of nitrogens with one attached hydrogen (secondary N) is 2. The number of rotatable bonds is 0. The zero-order valence-corrected chi connectivity index (χ0v) is 53.0. The van der Waals surface area contributed by atoms with Crippen LogP contribution in [0.3, 0.4) is 0 Å². The maximum Gasteiger partial charge on any atom is 0.230 e. The van der Waals surface area contributed by atoms with E-state index in [1.54, 1.807) is 45.5 Å². The van der Waals surface area contributed by atoms with Crippen molar-refractivity contribution in [3.8, 4) is 0 Å². The van der Waals surface area contributed by atoms with Crippen molar-refractivity contribution < 1.29 is 22.7 Å². The molecular formula is C68H90N6O5S2. The van der Waals surface area contributed by atoms with Gasteiger partial charge in [-0.15, -0.1) is 22.7 Å². The molecule has 0 aromatic carbocycles. The molecule has 1 aliphatic heterocycles. The Morgan fingerprint density at radius 3 is 1.57 bits per heavy atom. The maximum absolute atomic E-state index is 5.23. The Kier molecular flexibility index (Phi) is 17.3. The van der Waals surface area contributed by atoms with Crippen LogP contribution < -0.4 is 0 Å². The van der Waals surface area contributed by atoms with Crippen LogP contribution in [0.15, 0.2) is 109 Å². The Hall–Kier alpha value is -5.66. The summed E-state index contributed by atoms with van der Waals surface area (Å²) >= 11 is 3.70. The molecule has 0 fully saturated rings. The number of aromatic amines is 2. The Morgan fingerprint density at radius 1 is 0.432 bits per heavy atom. The fraction of sp³-hybridized carbons (Fsp3) is 0.559. The molecule has 2 N–H and O–H groups in total. The highest BCUT2D eigenvalue weighted by Gasteiger charge is 2.42. The van der Waals surface area contributed by atoms with Gasteiger partial charge in [0.05, 0.1) is 40.9 Å². The summed E-state index contributed by atoms with van der Waals surface area (Å²) < 4.78 is 25.9. The molecule has 7 aromatic rings. The van der Waals surface area contributed by atoms with Crippen LogP contribution in [-0.4, -0.2) is 36.7 Å². The molecule has 18 rings (SSSR count). The van der Waals surface area contributed by atoms with E-state index in [-0.39, 0.29) is 0 Å². The number of thiophene rings is 1. The highest BCUT2D eigenvalue weighted by atomic mass is 32.1. The van der Waals surface area contributed by atoms with Crippen molar-refractivity contribution in [2.24, 2.45) is 23.7 Å². The zero-order valence-electron chi connectivity index (χ0n) is 51.4. The van der Waals surface area contributed by atoms with E-state index < -0.39 is 0 Å². The van der Waals surface area contributed by atoms with Gasteiger partial charge in [-0.1, -0.05) is 142 Å². The molecular weight excluding hydrogens is 1040 g/mol. The van der Waals surface area contributed by atoms with Gasteiger partial charge in [-0.2, -0.15) is 0 Å². The first-order valence-electron chi connectivity index (χ1n) is 30.3. The van der Waals surface area contributed by atoms with E-state index in [0.29, 0.717) is 66.0 Å². The average Bonchev–Trinajstić information content (AvgIpc) is 4.37. The summed E-state index contributed by atoms with van der Waals surface area (Å²) in [5.74, 6) is 18.2. The van der Waals surface area contributed by atoms with Crippen LogP contribution in [0.4, 0.5) is 0 Å². The largest absolute Gasteiger partial charge is 0.469 e. The SMILES string of the molecule is CC1C2=C(CC=C2)C1C.CC1C2=C(OCO2)C1C.CC1c2cc[nH]c2C1C.CC1c2ccoc2C1C.CC1c2ccsc2C1C.CC1c2nc[nH]c2C1C.CC1c2ncoc2C1C.CC1c2ncoc2C1C.CC1c2ncsc2C1C. The van der Waals surface area contributed by atoms with Crippen LogP contribution in [-0.2, 0) is 9.47 Å². The van der Waals surface area contributed by atoms with Crippen molar-refractivity contribution in [3.63, 3.8) is 0 Å². The van der Waals surface area contributed by atoms with Crippen LogP contribution in [0.5, 0.6) is 0 Å². The standard InChI is InChI=1S/C9H12.C8H11N.C8H10O.C8H10S.C7H10N2.2C7H9NO.C7H9NS.C7H10O2/c1-6-7(2)9-5-3-4-8(6)9;3*1-5-6(2)8-7(5)3-4-9-8;5*1-4-5(2)7-6(4)8-3-9-7/h3-4,6-7H,5H2,1-2H3;3-6,9H,1-2H3;2*3-6H,1-2H3;3-5H,1-2H3,(H,8,9);3*3-5H,1-2H3;4-5H,3H2,1-2H3. The number of H-pyrrole nitrogens is 2. The number of oxazole rings is 2. The third kappa shape index (κ3) is 10.5. The third-order valence-electron chi connectivity index (χ3n) is 21.3. The molecule has 13 heteroatoms. The van der Waals surface area contributed by atoms with Gasteiger partial charge < -0.3 is 32.7 Å². The molecule has 8 heterocycles. The van der Waals surface area contributed by atoms with Crippen LogP contribution in [0.2, 0.25) is 0 Å². The lowest BCUT2D eigenvalue weighted by molar-refractivity contribution is 0.0760. The molecule has 18 atom stereocenters. The highest BCUT2D eigenvalue weighted by molar-refractivity contribution is 7.10. The molecule has 0 bridgehead atoms. The highest BCUT2D eigenvalue weighted by Crippen LogP contribution is 2.52. The fourth-order valence-corrected chi connectivity index (χ4v) is 15.4. The minimum Gasteiger partial charge on any atom is -0.469 e. The van der Waals surface area contributed by atoms with E-state index in [1.165, 1.54) is 63.7 Å². The molecule has 10 aliphatic carbocycles. The zero-order chi connectivity index (χ0) is 57.9. The summed E-state index contributed by atoms with van der Waals surface area (Å²) in [6, 6.07) is 6.50.